The molecule has 6 nitrogen and oxygen atoms in total. The minimum absolute atomic E-state index is 0.367. The Kier molecular flexibility index (Phi) is 2.59. The molecule has 0 amide bonds. The van der Waals surface area contributed by atoms with Gasteiger partial charge in [0.25, 0.3) is 5.88 Å². The van der Waals surface area contributed by atoms with Crippen LogP contribution in [0.1, 0.15) is 6.92 Å². The van der Waals surface area contributed by atoms with Gasteiger partial charge in [-0.2, -0.15) is 4.98 Å². The molecule has 0 radical (unpaired) electrons. The molecule has 2 rings (SSSR count). The predicted molar refractivity (Wildman–Crippen MR) is 56.3 cm³/mol. The summed E-state index contributed by atoms with van der Waals surface area (Å²) in [4.78, 5) is 12.5. The highest BCUT2D eigenvalue weighted by molar-refractivity contribution is 5.73. The van der Waals surface area contributed by atoms with Gasteiger partial charge in [0.1, 0.15) is 5.52 Å². The number of nitrogens with two attached hydrogens (primary N) is 1. The summed E-state index contributed by atoms with van der Waals surface area (Å²) in [5.41, 5.74) is 3.66. The lowest BCUT2D eigenvalue weighted by Gasteiger charge is -2.07. The monoisotopic (exact) mass is 205 g/mol. The van der Waals surface area contributed by atoms with Crippen LogP contribution in [-0.2, 0) is 0 Å². The van der Waals surface area contributed by atoms with Crippen LogP contribution in [-0.4, -0.2) is 21.6 Å². The van der Waals surface area contributed by atoms with Gasteiger partial charge in [-0.05, 0) is 19.1 Å². The fourth-order valence-electron chi connectivity index (χ4n) is 1.21. The zero-order valence-corrected chi connectivity index (χ0v) is 8.27. The van der Waals surface area contributed by atoms with Crippen LogP contribution in [0.15, 0.2) is 18.3 Å². The number of pyridine rings is 1. The Bertz CT molecular complexity index is 473. The van der Waals surface area contributed by atoms with E-state index in [9.17, 15) is 0 Å². The van der Waals surface area contributed by atoms with E-state index in [1.54, 1.807) is 12.3 Å². The van der Waals surface area contributed by atoms with Gasteiger partial charge in [-0.25, -0.2) is 15.8 Å². The Hall–Kier alpha value is -1.95. The van der Waals surface area contributed by atoms with Crippen LogP contribution in [0, 0.1) is 0 Å². The second kappa shape index (κ2) is 4.05. The van der Waals surface area contributed by atoms with Gasteiger partial charge in [0.15, 0.2) is 5.65 Å². The van der Waals surface area contributed by atoms with Crippen LogP contribution in [0.2, 0.25) is 0 Å². The average molecular weight is 205 g/mol. The van der Waals surface area contributed by atoms with Crippen LogP contribution < -0.4 is 16.0 Å². The topological polar surface area (TPSA) is 86.0 Å². The molecule has 0 saturated heterocycles. The molecule has 0 aromatic carbocycles. The molecule has 78 valence electrons. The van der Waals surface area contributed by atoms with E-state index >= 15 is 0 Å². The first-order chi connectivity index (χ1) is 7.35. The van der Waals surface area contributed by atoms with Gasteiger partial charge in [-0.15, -0.1) is 0 Å². The third-order valence-corrected chi connectivity index (χ3v) is 1.83. The third kappa shape index (κ3) is 1.79. The molecule has 0 spiro atoms. The first-order valence-corrected chi connectivity index (χ1v) is 4.57. The smallest absolute Gasteiger partial charge is 0.260 e. The molecule has 0 atom stereocenters. The Morgan fingerprint density at radius 3 is 3.07 bits per heavy atom. The third-order valence-electron chi connectivity index (χ3n) is 1.83. The molecule has 3 N–H and O–H groups in total. The van der Waals surface area contributed by atoms with Crippen molar-refractivity contribution in [1.82, 2.24) is 15.0 Å². The van der Waals surface area contributed by atoms with Crippen molar-refractivity contribution in [1.29, 1.82) is 0 Å². The van der Waals surface area contributed by atoms with E-state index in [0.717, 1.165) is 0 Å². The number of aromatic nitrogens is 3. The van der Waals surface area contributed by atoms with Crippen molar-refractivity contribution in [3.05, 3.63) is 18.3 Å². The van der Waals surface area contributed by atoms with E-state index in [1.807, 2.05) is 13.0 Å². The normalized spacial score (nSPS) is 10.3. The summed E-state index contributed by atoms with van der Waals surface area (Å²) in [6.45, 7) is 2.37. The van der Waals surface area contributed by atoms with E-state index in [2.05, 4.69) is 20.4 Å². The standard InChI is InChI=1S/C9H11N5O/c1-2-15-9-8(14-10)12-6-4-3-5-11-7(6)13-9/h3-5H,2,10H2,1H3,(H,12,14). The number of nitrogens with zero attached hydrogens (tertiary/aromatic N) is 3. The van der Waals surface area contributed by atoms with E-state index < -0.39 is 0 Å². The van der Waals surface area contributed by atoms with Gasteiger partial charge >= 0.3 is 0 Å². The molecule has 2 heterocycles. The van der Waals surface area contributed by atoms with E-state index in [4.69, 9.17) is 10.6 Å². The summed E-state index contributed by atoms with van der Waals surface area (Å²) in [6, 6.07) is 3.60. The minimum atomic E-state index is 0.367. The zero-order valence-electron chi connectivity index (χ0n) is 8.27. The lowest BCUT2D eigenvalue weighted by atomic mass is 10.4. The van der Waals surface area contributed by atoms with E-state index in [-0.39, 0.29) is 0 Å². The van der Waals surface area contributed by atoms with Crippen molar-refractivity contribution in [2.24, 2.45) is 5.84 Å². The van der Waals surface area contributed by atoms with Crippen LogP contribution in [0.25, 0.3) is 11.2 Å². The average Bonchev–Trinajstić information content (AvgIpc) is 2.28. The van der Waals surface area contributed by atoms with Crippen LogP contribution >= 0.6 is 0 Å². The summed E-state index contributed by atoms with van der Waals surface area (Å²) in [5, 5.41) is 0. The number of ether oxygens (including phenoxy) is 1. The molecule has 0 fully saturated rings. The lowest BCUT2D eigenvalue weighted by Crippen LogP contribution is -2.12. The number of hydrogen-bond donors (Lipinski definition) is 2. The Morgan fingerprint density at radius 1 is 1.47 bits per heavy atom. The summed E-state index contributed by atoms with van der Waals surface area (Å²) in [7, 11) is 0. The molecule has 0 aliphatic rings. The van der Waals surface area contributed by atoms with Gasteiger partial charge in [0, 0.05) is 6.20 Å². The van der Waals surface area contributed by atoms with Gasteiger partial charge in [-0.3, -0.25) is 0 Å². The summed E-state index contributed by atoms with van der Waals surface area (Å²) in [6.07, 6.45) is 1.66. The van der Waals surface area contributed by atoms with Crippen LogP contribution in [0.5, 0.6) is 5.88 Å². The van der Waals surface area contributed by atoms with Crippen molar-refractivity contribution in [2.75, 3.05) is 12.0 Å². The van der Waals surface area contributed by atoms with Gasteiger partial charge in [0.05, 0.1) is 6.61 Å². The fraction of sp³-hybridized carbons (Fsp3) is 0.222. The second-order valence-electron chi connectivity index (χ2n) is 2.80. The quantitative estimate of drug-likeness (QED) is 0.567. The molecular weight excluding hydrogens is 194 g/mol. The Balaban J connectivity index is 2.58. The van der Waals surface area contributed by atoms with Crippen molar-refractivity contribution < 1.29 is 4.74 Å². The number of anilines is 1. The molecular formula is C9H11N5O. The number of rotatable bonds is 3. The highest BCUT2D eigenvalue weighted by Crippen LogP contribution is 2.20. The Morgan fingerprint density at radius 2 is 2.33 bits per heavy atom. The van der Waals surface area contributed by atoms with Crippen molar-refractivity contribution >= 4 is 17.0 Å². The molecule has 0 bridgehead atoms. The zero-order chi connectivity index (χ0) is 10.7. The molecule has 2 aromatic heterocycles. The van der Waals surface area contributed by atoms with Gasteiger partial charge in [-0.1, -0.05) is 0 Å². The first-order valence-electron chi connectivity index (χ1n) is 4.57. The largest absolute Gasteiger partial charge is 0.475 e. The summed E-state index contributed by atoms with van der Waals surface area (Å²) >= 11 is 0. The molecule has 6 heteroatoms. The Labute approximate surface area is 86.5 Å². The van der Waals surface area contributed by atoms with Crippen molar-refractivity contribution in [2.45, 2.75) is 6.92 Å². The predicted octanol–water partition coefficient (Wildman–Crippen LogP) is 0.709. The van der Waals surface area contributed by atoms with E-state index in [1.165, 1.54) is 0 Å². The second-order valence-corrected chi connectivity index (χ2v) is 2.80. The van der Waals surface area contributed by atoms with Crippen LogP contribution in [0.4, 0.5) is 5.82 Å². The molecule has 0 saturated carbocycles. The molecule has 15 heavy (non-hydrogen) atoms. The summed E-state index contributed by atoms with van der Waals surface area (Å²) < 4.78 is 5.28. The number of nitrogen functional groups attached to an aromatic ring is 1. The minimum Gasteiger partial charge on any atom is -0.475 e. The molecule has 0 aliphatic heterocycles. The van der Waals surface area contributed by atoms with Gasteiger partial charge < -0.3 is 10.2 Å². The summed E-state index contributed by atoms with van der Waals surface area (Å²) in [5.74, 6) is 6.10. The van der Waals surface area contributed by atoms with Crippen molar-refractivity contribution in [3.63, 3.8) is 0 Å². The number of hydrazine groups is 1. The van der Waals surface area contributed by atoms with Crippen molar-refractivity contribution in [3.8, 4) is 5.88 Å². The number of hydrogen-bond acceptors (Lipinski definition) is 6. The highest BCUT2D eigenvalue weighted by atomic mass is 16.5. The molecule has 0 unspecified atom stereocenters. The maximum absolute atomic E-state index is 5.32. The highest BCUT2D eigenvalue weighted by Gasteiger charge is 2.08. The van der Waals surface area contributed by atoms with Gasteiger partial charge in [0.2, 0.25) is 5.82 Å². The molecule has 0 aliphatic carbocycles. The number of nitrogens with one attached hydrogen (secondary N) is 1. The maximum Gasteiger partial charge on any atom is 0.260 e. The molecule has 2 aromatic rings. The van der Waals surface area contributed by atoms with Crippen LogP contribution in [0.3, 0.4) is 0 Å². The first kappa shape index (κ1) is 9.60. The number of fused-ring (bicyclic) bond motifs is 1. The maximum atomic E-state index is 5.32. The SMILES string of the molecule is CCOc1nc2ncccc2nc1NN. The fourth-order valence-corrected chi connectivity index (χ4v) is 1.21. The van der Waals surface area contributed by atoms with E-state index in [0.29, 0.717) is 29.5 Å². The lowest BCUT2D eigenvalue weighted by molar-refractivity contribution is 0.328.